The van der Waals surface area contributed by atoms with Crippen molar-refractivity contribution in [3.05, 3.63) is 0 Å². The lowest BCUT2D eigenvalue weighted by atomic mass is 10.1. The summed E-state index contributed by atoms with van der Waals surface area (Å²) in [6.45, 7) is 10.7. The second kappa shape index (κ2) is 5.99. The Labute approximate surface area is 93.7 Å². The zero-order chi connectivity index (χ0) is 11.3. The number of guanidine groups is 1. The minimum atomic E-state index is 0.654. The zero-order valence-electron chi connectivity index (χ0n) is 10.5. The van der Waals surface area contributed by atoms with E-state index in [2.05, 4.69) is 43.3 Å². The van der Waals surface area contributed by atoms with Gasteiger partial charge in [-0.1, -0.05) is 20.8 Å². The molecule has 2 N–H and O–H groups in total. The molecule has 1 aliphatic carbocycles. The summed E-state index contributed by atoms with van der Waals surface area (Å²) in [6.07, 6.45) is 2.45. The van der Waals surface area contributed by atoms with Crippen molar-refractivity contribution in [1.82, 2.24) is 10.6 Å². The molecule has 1 aliphatic rings. The lowest BCUT2D eigenvalue weighted by Crippen LogP contribution is -2.39. The fourth-order valence-corrected chi connectivity index (χ4v) is 1.45. The smallest absolute Gasteiger partial charge is 0.191 e. The predicted molar refractivity (Wildman–Crippen MR) is 66.1 cm³/mol. The van der Waals surface area contributed by atoms with Crippen LogP contribution in [0.25, 0.3) is 0 Å². The van der Waals surface area contributed by atoms with E-state index in [0.717, 1.165) is 37.3 Å². The molecule has 2 atom stereocenters. The summed E-state index contributed by atoms with van der Waals surface area (Å²) in [4.78, 5) is 4.56. The fourth-order valence-electron chi connectivity index (χ4n) is 1.45. The van der Waals surface area contributed by atoms with Gasteiger partial charge in [0, 0.05) is 19.1 Å². The average Bonchev–Trinajstić information content (AvgIpc) is 2.81. The summed E-state index contributed by atoms with van der Waals surface area (Å²) in [7, 11) is 0. The molecular weight excluding hydrogens is 186 g/mol. The van der Waals surface area contributed by atoms with E-state index >= 15 is 0 Å². The maximum absolute atomic E-state index is 4.56. The second-order valence-electron chi connectivity index (χ2n) is 4.91. The molecule has 1 saturated carbocycles. The molecule has 1 fully saturated rings. The van der Waals surface area contributed by atoms with Crippen molar-refractivity contribution in [2.75, 3.05) is 13.1 Å². The standard InChI is InChI=1S/C12H25N3/c1-5-13-12(14-7-6-9(2)3)15-11-8-10(11)4/h9-11H,5-8H2,1-4H3,(H2,13,14,15). The van der Waals surface area contributed by atoms with Crippen LogP contribution in [0.2, 0.25) is 0 Å². The minimum absolute atomic E-state index is 0.654. The molecule has 0 amide bonds. The van der Waals surface area contributed by atoms with Crippen LogP contribution in [-0.4, -0.2) is 25.1 Å². The van der Waals surface area contributed by atoms with Gasteiger partial charge < -0.3 is 10.6 Å². The van der Waals surface area contributed by atoms with Gasteiger partial charge in [0.05, 0.1) is 0 Å². The molecule has 0 aliphatic heterocycles. The Morgan fingerprint density at radius 3 is 2.60 bits per heavy atom. The Hall–Kier alpha value is -0.730. The lowest BCUT2D eigenvalue weighted by molar-refractivity contribution is 0.594. The largest absolute Gasteiger partial charge is 0.357 e. The van der Waals surface area contributed by atoms with Crippen molar-refractivity contribution in [3.63, 3.8) is 0 Å². The lowest BCUT2D eigenvalue weighted by Gasteiger charge is -2.11. The van der Waals surface area contributed by atoms with Crippen LogP contribution in [-0.2, 0) is 0 Å². The van der Waals surface area contributed by atoms with E-state index in [-0.39, 0.29) is 0 Å². The van der Waals surface area contributed by atoms with Crippen molar-refractivity contribution in [3.8, 4) is 0 Å². The van der Waals surface area contributed by atoms with Gasteiger partial charge in [-0.05, 0) is 31.6 Å². The van der Waals surface area contributed by atoms with Gasteiger partial charge in [0.2, 0.25) is 0 Å². The molecule has 0 spiro atoms. The van der Waals surface area contributed by atoms with Gasteiger partial charge in [-0.15, -0.1) is 0 Å². The predicted octanol–water partition coefficient (Wildman–Crippen LogP) is 2.00. The SMILES string of the molecule is CCNC(=NCCC(C)C)NC1CC1C. The van der Waals surface area contributed by atoms with Crippen LogP contribution < -0.4 is 10.6 Å². The van der Waals surface area contributed by atoms with E-state index in [1.807, 2.05) is 0 Å². The Morgan fingerprint density at radius 2 is 2.13 bits per heavy atom. The molecule has 0 heterocycles. The Morgan fingerprint density at radius 1 is 1.47 bits per heavy atom. The van der Waals surface area contributed by atoms with Crippen LogP contribution >= 0.6 is 0 Å². The third-order valence-corrected chi connectivity index (χ3v) is 2.75. The van der Waals surface area contributed by atoms with E-state index in [1.165, 1.54) is 6.42 Å². The van der Waals surface area contributed by atoms with E-state index in [9.17, 15) is 0 Å². The molecule has 0 aromatic heterocycles. The molecular formula is C12H25N3. The molecule has 0 aromatic carbocycles. The first-order valence-corrected chi connectivity index (χ1v) is 6.18. The maximum atomic E-state index is 4.56. The van der Waals surface area contributed by atoms with Crippen molar-refractivity contribution < 1.29 is 0 Å². The van der Waals surface area contributed by atoms with Crippen molar-refractivity contribution in [1.29, 1.82) is 0 Å². The summed E-state index contributed by atoms with van der Waals surface area (Å²) >= 11 is 0. The topological polar surface area (TPSA) is 36.4 Å². The number of rotatable bonds is 5. The molecule has 0 saturated heterocycles. The number of nitrogens with zero attached hydrogens (tertiary/aromatic N) is 1. The van der Waals surface area contributed by atoms with Gasteiger partial charge in [0.15, 0.2) is 5.96 Å². The fraction of sp³-hybridized carbons (Fsp3) is 0.917. The Bertz CT molecular complexity index is 211. The normalized spacial score (nSPS) is 25.5. The quantitative estimate of drug-likeness (QED) is 0.539. The van der Waals surface area contributed by atoms with Gasteiger partial charge in [0.1, 0.15) is 0 Å². The molecule has 15 heavy (non-hydrogen) atoms. The molecule has 2 unspecified atom stereocenters. The first-order valence-electron chi connectivity index (χ1n) is 6.18. The van der Waals surface area contributed by atoms with Crippen LogP contribution in [0.4, 0.5) is 0 Å². The average molecular weight is 211 g/mol. The van der Waals surface area contributed by atoms with E-state index < -0.39 is 0 Å². The molecule has 88 valence electrons. The Balaban J connectivity index is 2.28. The summed E-state index contributed by atoms with van der Waals surface area (Å²) < 4.78 is 0. The summed E-state index contributed by atoms with van der Waals surface area (Å²) in [6, 6.07) is 0.654. The Kier molecular flexibility index (Phi) is 4.92. The highest BCUT2D eigenvalue weighted by molar-refractivity contribution is 5.80. The number of hydrogen-bond donors (Lipinski definition) is 2. The molecule has 3 nitrogen and oxygen atoms in total. The van der Waals surface area contributed by atoms with Crippen LogP contribution in [0.5, 0.6) is 0 Å². The highest BCUT2D eigenvalue weighted by atomic mass is 15.2. The van der Waals surface area contributed by atoms with Crippen molar-refractivity contribution >= 4 is 5.96 Å². The molecule has 0 aromatic rings. The van der Waals surface area contributed by atoms with E-state index in [4.69, 9.17) is 0 Å². The second-order valence-corrected chi connectivity index (χ2v) is 4.91. The first-order chi connectivity index (χ1) is 7.13. The number of aliphatic imine (C=N–C) groups is 1. The summed E-state index contributed by atoms with van der Waals surface area (Å²) in [5.74, 6) is 2.54. The monoisotopic (exact) mass is 211 g/mol. The van der Waals surface area contributed by atoms with Crippen molar-refractivity contribution in [2.24, 2.45) is 16.8 Å². The van der Waals surface area contributed by atoms with E-state index in [1.54, 1.807) is 0 Å². The van der Waals surface area contributed by atoms with Crippen LogP contribution in [0, 0.1) is 11.8 Å². The molecule has 0 radical (unpaired) electrons. The van der Waals surface area contributed by atoms with Crippen LogP contribution in [0.3, 0.4) is 0 Å². The number of hydrogen-bond acceptors (Lipinski definition) is 1. The zero-order valence-corrected chi connectivity index (χ0v) is 10.5. The summed E-state index contributed by atoms with van der Waals surface area (Å²) in [5.41, 5.74) is 0. The first kappa shape index (κ1) is 12.3. The third kappa shape index (κ3) is 5.05. The van der Waals surface area contributed by atoms with Gasteiger partial charge in [-0.3, -0.25) is 4.99 Å². The third-order valence-electron chi connectivity index (χ3n) is 2.75. The minimum Gasteiger partial charge on any atom is -0.357 e. The van der Waals surface area contributed by atoms with Crippen molar-refractivity contribution in [2.45, 2.75) is 46.6 Å². The van der Waals surface area contributed by atoms with Gasteiger partial charge in [-0.25, -0.2) is 0 Å². The van der Waals surface area contributed by atoms with Gasteiger partial charge in [-0.2, -0.15) is 0 Å². The molecule has 0 bridgehead atoms. The number of nitrogens with one attached hydrogen (secondary N) is 2. The van der Waals surface area contributed by atoms with Gasteiger partial charge >= 0.3 is 0 Å². The van der Waals surface area contributed by atoms with E-state index in [0.29, 0.717) is 6.04 Å². The molecule has 1 rings (SSSR count). The van der Waals surface area contributed by atoms with Gasteiger partial charge in [0.25, 0.3) is 0 Å². The highest BCUT2D eigenvalue weighted by Crippen LogP contribution is 2.28. The summed E-state index contributed by atoms with van der Waals surface area (Å²) in [5, 5.41) is 6.74. The maximum Gasteiger partial charge on any atom is 0.191 e. The molecule has 3 heteroatoms. The van der Waals surface area contributed by atoms with Crippen LogP contribution in [0.15, 0.2) is 4.99 Å². The van der Waals surface area contributed by atoms with Crippen LogP contribution in [0.1, 0.15) is 40.5 Å². The highest BCUT2D eigenvalue weighted by Gasteiger charge is 2.33.